The van der Waals surface area contributed by atoms with E-state index in [9.17, 15) is 14.7 Å². The van der Waals surface area contributed by atoms with Gasteiger partial charge in [-0.1, -0.05) is 18.2 Å². The second kappa shape index (κ2) is 9.24. The van der Waals surface area contributed by atoms with Crippen molar-refractivity contribution in [2.24, 2.45) is 0 Å². The maximum Gasteiger partial charge on any atom is 0.290 e. The molecule has 29 heavy (non-hydrogen) atoms. The first-order chi connectivity index (χ1) is 14.0. The molecular weight excluding hydrogens is 388 g/mol. The minimum Gasteiger partial charge on any atom is -0.503 e. The van der Waals surface area contributed by atoms with Crippen molar-refractivity contribution in [1.29, 1.82) is 0 Å². The van der Waals surface area contributed by atoms with Crippen molar-refractivity contribution in [1.82, 2.24) is 4.90 Å². The molecule has 2 aromatic rings. The summed E-state index contributed by atoms with van der Waals surface area (Å²) in [5.74, 6) is -0.620. The molecule has 1 aromatic heterocycles. The molecule has 0 spiro atoms. The Morgan fingerprint density at radius 2 is 2.00 bits per heavy atom. The lowest BCUT2D eigenvalue weighted by molar-refractivity contribution is -0.895. The number of nitrogens with one attached hydrogen (secondary N) is 1. The van der Waals surface area contributed by atoms with Crippen molar-refractivity contribution in [3.63, 3.8) is 0 Å². The van der Waals surface area contributed by atoms with Gasteiger partial charge in [0.2, 0.25) is 5.78 Å². The highest BCUT2D eigenvalue weighted by molar-refractivity contribution is 7.12. The van der Waals surface area contributed by atoms with Crippen LogP contribution in [0.15, 0.2) is 53.1 Å². The van der Waals surface area contributed by atoms with Crippen molar-refractivity contribution in [3.05, 3.63) is 63.6 Å². The molecule has 0 unspecified atom stereocenters. The van der Waals surface area contributed by atoms with Crippen LogP contribution in [0.2, 0.25) is 0 Å². The fourth-order valence-corrected chi connectivity index (χ4v) is 4.37. The number of quaternary nitrogens is 1. The van der Waals surface area contributed by atoms with E-state index in [1.54, 1.807) is 24.1 Å². The Morgan fingerprint density at radius 3 is 2.62 bits per heavy atom. The Hall–Kier alpha value is -2.64. The number of ether oxygens (including phenoxy) is 1. The molecule has 0 radical (unpaired) electrons. The molecule has 1 amide bonds. The third-order valence-corrected chi connectivity index (χ3v) is 6.28. The number of hydrogen-bond donors (Lipinski definition) is 2. The fraction of sp³-hybridized carbons (Fsp3) is 0.364. The highest BCUT2D eigenvalue weighted by Crippen LogP contribution is 2.40. The summed E-state index contributed by atoms with van der Waals surface area (Å²) in [5.41, 5.74) is 0.886. The number of carbonyl (C=O) groups excluding carboxylic acids is 2. The SMILES string of the molecule is CC[NH+](CC)CCN1C(=O)C(O)=C(C(=O)c2cccs2)[C@@H]1c1cccc(OC)c1. The molecule has 1 atom stereocenters. The monoisotopic (exact) mass is 415 g/mol. The predicted octanol–water partition coefficient (Wildman–Crippen LogP) is 2.26. The zero-order valence-corrected chi connectivity index (χ0v) is 17.8. The second-order valence-corrected chi connectivity index (χ2v) is 7.90. The van der Waals surface area contributed by atoms with Gasteiger partial charge in [0.1, 0.15) is 5.75 Å². The highest BCUT2D eigenvalue weighted by atomic mass is 32.1. The van der Waals surface area contributed by atoms with E-state index in [0.29, 0.717) is 17.2 Å². The molecule has 1 aliphatic rings. The quantitative estimate of drug-likeness (QED) is 0.617. The third kappa shape index (κ3) is 4.21. The number of thiophene rings is 1. The predicted molar refractivity (Wildman–Crippen MR) is 113 cm³/mol. The first kappa shape index (κ1) is 21.1. The van der Waals surface area contributed by atoms with E-state index in [4.69, 9.17) is 4.74 Å². The maximum absolute atomic E-state index is 13.2. The van der Waals surface area contributed by atoms with Crippen LogP contribution in [-0.4, -0.2) is 55.0 Å². The third-order valence-electron chi connectivity index (χ3n) is 5.41. The number of benzene rings is 1. The van der Waals surface area contributed by atoms with Crippen LogP contribution < -0.4 is 9.64 Å². The van der Waals surface area contributed by atoms with Gasteiger partial charge in [-0.05, 0) is 43.0 Å². The van der Waals surface area contributed by atoms with E-state index < -0.39 is 17.7 Å². The van der Waals surface area contributed by atoms with Crippen molar-refractivity contribution in [2.75, 3.05) is 33.3 Å². The van der Waals surface area contributed by atoms with Gasteiger partial charge >= 0.3 is 0 Å². The molecule has 1 aliphatic heterocycles. The smallest absolute Gasteiger partial charge is 0.290 e. The molecule has 3 rings (SSSR count). The lowest BCUT2D eigenvalue weighted by Gasteiger charge is -2.28. The lowest BCUT2D eigenvalue weighted by atomic mass is 9.95. The van der Waals surface area contributed by atoms with Crippen molar-refractivity contribution in [2.45, 2.75) is 19.9 Å². The number of rotatable bonds is 9. The van der Waals surface area contributed by atoms with Crippen molar-refractivity contribution >= 4 is 23.0 Å². The van der Waals surface area contributed by atoms with Crippen LogP contribution in [0.1, 0.15) is 35.1 Å². The van der Waals surface area contributed by atoms with Crippen LogP contribution in [0.4, 0.5) is 0 Å². The molecular formula is C22H27N2O4S+. The molecule has 0 fully saturated rings. The summed E-state index contributed by atoms with van der Waals surface area (Å²) < 4.78 is 5.34. The number of hydrogen-bond acceptors (Lipinski definition) is 5. The fourth-order valence-electron chi connectivity index (χ4n) is 3.70. The summed E-state index contributed by atoms with van der Waals surface area (Å²) in [6.07, 6.45) is 0. The van der Waals surface area contributed by atoms with Gasteiger partial charge in [-0.25, -0.2) is 0 Å². The van der Waals surface area contributed by atoms with Gasteiger partial charge in [0.25, 0.3) is 5.91 Å². The number of aliphatic hydroxyl groups excluding tert-OH is 1. The molecule has 1 aromatic carbocycles. The maximum atomic E-state index is 13.2. The van der Waals surface area contributed by atoms with Crippen LogP contribution in [0.3, 0.4) is 0 Å². The molecule has 6 nitrogen and oxygen atoms in total. The summed E-state index contributed by atoms with van der Waals surface area (Å²) in [7, 11) is 1.57. The van der Waals surface area contributed by atoms with E-state index in [1.165, 1.54) is 16.2 Å². The van der Waals surface area contributed by atoms with Gasteiger partial charge < -0.3 is 19.6 Å². The van der Waals surface area contributed by atoms with Crippen molar-refractivity contribution in [3.8, 4) is 5.75 Å². The lowest BCUT2D eigenvalue weighted by Crippen LogP contribution is -3.12. The summed E-state index contributed by atoms with van der Waals surface area (Å²) in [6, 6.07) is 10.2. The van der Waals surface area contributed by atoms with E-state index >= 15 is 0 Å². The normalized spacial score (nSPS) is 16.8. The number of methoxy groups -OCH3 is 1. The average molecular weight is 416 g/mol. The molecule has 0 aliphatic carbocycles. The summed E-state index contributed by atoms with van der Waals surface area (Å²) in [4.78, 5) is 29.6. The van der Waals surface area contributed by atoms with Gasteiger partial charge in [0.05, 0.1) is 49.8 Å². The standard InChI is InChI=1S/C22H26N2O4S/c1-4-23(5-2)11-12-24-19(15-8-6-9-16(14-15)28-3)18(21(26)22(24)27)20(25)17-10-7-13-29-17/h6-10,13-14,19,26H,4-5,11-12H2,1-3H3/p+1/t19-/m0/s1. The summed E-state index contributed by atoms with van der Waals surface area (Å²) in [5, 5.41) is 12.5. The van der Waals surface area contributed by atoms with Gasteiger partial charge in [-0.2, -0.15) is 0 Å². The molecule has 0 saturated carbocycles. The number of nitrogens with zero attached hydrogens (tertiary/aromatic N) is 1. The zero-order chi connectivity index (χ0) is 21.0. The molecule has 0 saturated heterocycles. The minimum atomic E-state index is -0.637. The first-order valence-electron chi connectivity index (χ1n) is 9.81. The number of carbonyl (C=O) groups is 2. The highest BCUT2D eigenvalue weighted by Gasteiger charge is 2.44. The van der Waals surface area contributed by atoms with Gasteiger partial charge in [0.15, 0.2) is 5.76 Å². The summed E-state index contributed by atoms with van der Waals surface area (Å²) >= 11 is 1.30. The largest absolute Gasteiger partial charge is 0.503 e. The zero-order valence-electron chi connectivity index (χ0n) is 17.0. The number of likely N-dealkylation sites (N-methyl/N-ethyl adjacent to an activating group) is 1. The van der Waals surface area contributed by atoms with E-state index in [2.05, 4.69) is 13.8 Å². The van der Waals surface area contributed by atoms with Crippen LogP contribution in [0.25, 0.3) is 0 Å². The van der Waals surface area contributed by atoms with Gasteiger partial charge in [0, 0.05) is 0 Å². The van der Waals surface area contributed by atoms with Crippen molar-refractivity contribution < 1.29 is 24.3 Å². The van der Waals surface area contributed by atoms with Gasteiger partial charge in [-0.15, -0.1) is 11.3 Å². The number of Topliss-reactive ketones (excluding diaryl/α,β-unsaturated/α-hetero) is 1. The molecule has 0 bridgehead atoms. The van der Waals surface area contributed by atoms with Crippen LogP contribution >= 0.6 is 11.3 Å². The summed E-state index contributed by atoms with van der Waals surface area (Å²) in [6.45, 7) is 7.29. The van der Waals surface area contributed by atoms with E-state index in [0.717, 1.165) is 25.2 Å². The van der Waals surface area contributed by atoms with Crippen LogP contribution in [0.5, 0.6) is 5.75 Å². The minimum absolute atomic E-state index is 0.139. The first-order valence-corrected chi connectivity index (χ1v) is 10.7. The number of aliphatic hydroxyl groups is 1. The Bertz CT molecular complexity index is 903. The number of amides is 1. The Kier molecular flexibility index (Phi) is 6.71. The topological polar surface area (TPSA) is 71.3 Å². The molecule has 2 N–H and O–H groups in total. The number of ketones is 1. The molecule has 154 valence electrons. The Balaban J connectivity index is 2.02. The van der Waals surface area contributed by atoms with Crippen LogP contribution in [-0.2, 0) is 4.79 Å². The van der Waals surface area contributed by atoms with E-state index in [-0.39, 0.29) is 11.4 Å². The van der Waals surface area contributed by atoms with E-state index in [1.807, 2.05) is 29.6 Å². The van der Waals surface area contributed by atoms with Gasteiger partial charge in [-0.3, -0.25) is 9.59 Å². The average Bonchev–Trinajstić information content (AvgIpc) is 3.37. The molecule has 7 heteroatoms. The second-order valence-electron chi connectivity index (χ2n) is 6.95. The Morgan fingerprint density at radius 1 is 1.24 bits per heavy atom. The van der Waals surface area contributed by atoms with Crippen LogP contribution in [0, 0.1) is 0 Å². The Labute approximate surface area is 175 Å². The molecule has 2 heterocycles.